The van der Waals surface area contributed by atoms with Crippen LogP contribution in [0.3, 0.4) is 0 Å². The topological polar surface area (TPSA) is 76.4 Å². The van der Waals surface area contributed by atoms with Gasteiger partial charge in [0.1, 0.15) is 6.61 Å². The van der Waals surface area contributed by atoms with Gasteiger partial charge in [0.15, 0.2) is 0 Å². The lowest BCUT2D eigenvalue weighted by atomic mass is 9.92. The van der Waals surface area contributed by atoms with Gasteiger partial charge in [0.25, 0.3) is 0 Å². The fourth-order valence-corrected chi connectivity index (χ4v) is 2.69. The highest BCUT2D eigenvalue weighted by Gasteiger charge is 2.21. The number of nitrogens with one attached hydrogen (secondary N) is 2. The van der Waals surface area contributed by atoms with Gasteiger partial charge in [0.2, 0.25) is 5.91 Å². The van der Waals surface area contributed by atoms with E-state index in [1.165, 1.54) is 0 Å². The molecule has 0 atom stereocenters. The summed E-state index contributed by atoms with van der Waals surface area (Å²) in [7, 11) is 0. The number of amides is 1. The monoisotopic (exact) mass is 255 g/mol. The van der Waals surface area contributed by atoms with E-state index in [4.69, 9.17) is 10.5 Å². The van der Waals surface area contributed by atoms with E-state index in [0.29, 0.717) is 12.1 Å². The standard InChI is InChI=1S/C13H25N3O2/c14-10-1-3-11(4-2-10)16-13(17)9-18-12-5-7-15-8-6-12/h10-12,15H,1-9,14H2,(H,16,17). The first kappa shape index (κ1) is 13.8. The second-order valence-corrected chi connectivity index (χ2v) is 5.44. The number of piperidine rings is 1. The third-order valence-corrected chi connectivity index (χ3v) is 3.87. The summed E-state index contributed by atoms with van der Waals surface area (Å²) in [6.45, 7) is 2.19. The Bertz CT molecular complexity index is 259. The van der Waals surface area contributed by atoms with Gasteiger partial charge in [0.05, 0.1) is 6.10 Å². The average Bonchev–Trinajstić information content (AvgIpc) is 2.40. The summed E-state index contributed by atoms with van der Waals surface area (Å²) in [6, 6.07) is 0.623. The van der Waals surface area contributed by atoms with Crippen LogP contribution in [0, 0.1) is 0 Å². The summed E-state index contributed by atoms with van der Waals surface area (Å²) in [5.74, 6) is 0.0222. The molecule has 1 heterocycles. The Hall–Kier alpha value is -0.650. The normalized spacial score (nSPS) is 30.1. The molecule has 0 spiro atoms. The molecule has 104 valence electrons. The number of hydrogen-bond acceptors (Lipinski definition) is 4. The predicted molar refractivity (Wildman–Crippen MR) is 70.2 cm³/mol. The third kappa shape index (κ3) is 4.55. The zero-order chi connectivity index (χ0) is 12.8. The van der Waals surface area contributed by atoms with Gasteiger partial charge in [0, 0.05) is 12.1 Å². The van der Waals surface area contributed by atoms with Gasteiger partial charge in [-0.15, -0.1) is 0 Å². The summed E-state index contributed by atoms with van der Waals surface area (Å²) in [6.07, 6.45) is 6.29. The predicted octanol–water partition coefficient (Wildman–Crippen LogP) is 0.141. The van der Waals surface area contributed by atoms with E-state index in [1.807, 2.05) is 0 Å². The van der Waals surface area contributed by atoms with Crippen LogP contribution in [0.25, 0.3) is 0 Å². The molecule has 1 saturated carbocycles. The molecule has 0 unspecified atom stereocenters. The van der Waals surface area contributed by atoms with Crippen LogP contribution in [0.4, 0.5) is 0 Å². The highest BCUT2D eigenvalue weighted by Crippen LogP contribution is 2.16. The first-order valence-electron chi connectivity index (χ1n) is 7.11. The molecule has 0 aromatic carbocycles. The number of carbonyl (C=O) groups is 1. The molecule has 0 aromatic heterocycles. The van der Waals surface area contributed by atoms with Crippen LogP contribution in [0.2, 0.25) is 0 Å². The quantitative estimate of drug-likeness (QED) is 0.668. The number of carbonyl (C=O) groups excluding carboxylic acids is 1. The molecule has 2 rings (SSSR count). The van der Waals surface area contributed by atoms with E-state index >= 15 is 0 Å². The minimum absolute atomic E-state index is 0.0222. The highest BCUT2D eigenvalue weighted by molar-refractivity contribution is 5.77. The van der Waals surface area contributed by atoms with Gasteiger partial charge in [-0.2, -0.15) is 0 Å². The minimum Gasteiger partial charge on any atom is -0.368 e. The second-order valence-electron chi connectivity index (χ2n) is 5.44. The number of hydrogen-bond donors (Lipinski definition) is 3. The van der Waals surface area contributed by atoms with E-state index in [0.717, 1.165) is 51.6 Å². The molecule has 4 N–H and O–H groups in total. The molecule has 1 aliphatic heterocycles. The van der Waals surface area contributed by atoms with Crippen LogP contribution >= 0.6 is 0 Å². The van der Waals surface area contributed by atoms with Crippen molar-refractivity contribution in [3.63, 3.8) is 0 Å². The molecule has 0 aromatic rings. The molecule has 18 heavy (non-hydrogen) atoms. The minimum atomic E-state index is 0.0222. The fraction of sp³-hybridized carbons (Fsp3) is 0.923. The summed E-state index contributed by atoms with van der Waals surface area (Å²) in [5.41, 5.74) is 5.84. The van der Waals surface area contributed by atoms with Crippen LogP contribution < -0.4 is 16.4 Å². The molecule has 1 saturated heterocycles. The highest BCUT2D eigenvalue weighted by atomic mass is 16.5. The van der Waals surface area contributed by atoms with Crippen LogP contribution in [-0.4, -0.2) is 43.8 Å². The van der Waals surface area contributed by atoms with E-state index in [2.05, 4.69) is 10.6 Å². The number of nitrogens with two attached hydrogens (primary N) is 1. The van der Waals surface area contributed by atoms with Crippen molar-refractivity contribution in [2.24, 2.45) is 5.73 Å². The molecule has 5 nitrogen and oxygen atoms in total. The molecule has 1 aliphatic carbocycles. The Morgan fingerprint density at radius 1 is 1.17 bits per heavy atom. The largest absolute Gasteiger partial charge is 0.368 e. The zero-order valence-corrected chi connectivity index (χ0v) is 11.0. The van der Waals surface area contributed by atoms with Crippen molar-refractivity contribution >= 4 is 5.91 Å². The van der Waals surface area contributed by atoms with Gasteiger partial charge in [-0.3, -0.25) is 4.79 Å². The Morgan fingerprint density at radius 2 is 1.83 bits per heavy atom. The number of ether oxygens (including phenoxy) is 1. The maximum Gasteiger partial charge on any atom is 0.246 e. The molecule has 0 bridgehead atoms. The summed E-state index contributed by atoms with van der Waals surface area (Å²) < 4.78 is 5.63. The van der Waals surface area contributed by atoms with Crippen molar-refractivity contribution in [3.05, 3.63) is 0 Å². The van der Waals surface area contributed by atoms with Gasteiger partial charge >= 0.3 is 0 Å². The maximum absolute atomic E-state index is 11.8. The van der Waals surface area contributed by atoms with E-state index in [-0.39, 0.29) is 18.6 Å². The Kier molecular flexibility index (Phi) is 5.41. The van der Waals surface area contributed by atoms with Crippen molar-refractivity contribution in [1.82, 2.24) is 10.6 Å². The van der Waals surface area contributed by atoms with Gasteiger partial charge < -0.3 is 21.1 Å². The van der Waals surface area contributed by atoms with Crippen molar-refractivity contribution in [2.45, 2.75) is 56.7 Å². The molecular weight excluding hydrogens is 230 g/mol. The van der Waals surface area contributed by atoms with Crippen LogP contribution in [0.15, 0.2) is 0 Å². The third-order valence-electron chi connectivity index (χ3n) is 3.87. The average molecular weight is 255 g/mol. The lowest BCUT2D eigenvalue weighted by Crippen LogP contribution is -2.42. The Morgan fingerprint density at radius 3 is 2.50 bits per heavy atom. The first-order valence-corrected chi connectivity index (χ1v) is 7.11. The molecule has 2 fully saturated rings. The van der Waals surface area contributed by atoms with Gasteiger partial charge in [-0.25, -0.2) is 0 Å². The van der Waals surface area contributed by atoms with Gasteiger partial charge in [-0.05, 0) is 51.6 Å². The van der Waals surface area contributed by atoms with Crippen molar-refractivity contribution in [3.8, 4) is 0 Å². The molecule has 5 heteroatoms. The van der Waals surface area contributed by atoms with Crippen LogP contribution in [0.1, 0.15) is 38.5 Å². The van der Waals surface area contributed by atoms with Crippen LogP contribution in [0.5, 0.6) is 0 Å². The fourth-order valence-electron chi connectivity index (χ4n) is 2.69. The van der Waals surface area contributed by atoms with Gasteiger partial charge in [-0.1, -0.05) is 0 Å². The van der Waals surface area contributed by atoms with Crippen molar-refractivity contribution in [2.75, 3.05) is 19.7 Å². The molecule has 0 radical (unpaired) electrons. The summed E-state index contributed by atoms with van der Waals surface area (Å²) in [5, 5.41) is 6.32. The smallest absolute Gasteiger partial charge is 0.246 e. The zero-order valence-electron chi connectivity index (χ0n) is 11.0. The SMILES string of the molecule is NC1CCC(NC(=O)COC2CCNCC2)CC1. The maximum atomic E-state index is 11.8. The molecule has 1 amide bonds. The Labute approximate surface area is 109 Å². The molecule has 2 aliphatic rings. The number of rotatable bonds is 4. The van der Waals surface area contributed by atoms with Crippen LogP contribution in [-0.2, 0) is 9.53 Å². The second kappa shape index (κ2) is 7.07. The van der Waals surface area contributed by atoms with E-state index in [9.17, 15) is 4.79 Å². The molecular formula is C13H25N3O2. The lowest BCUT2D eigenvalue weighted by molar-refractivity contribution is -0.129. The van der Waals surface area contributed by atoms with E-state index < -0.39 is 0 Å². The Balaban J connectivity index is 1.59. The van der Waals surface area contributed by atoms with Crippen molar-refractivity contribution < 1.29 is 9.53 Å². The van der Waals surface area contributed by atoms with Crippen molar-refractivity contribution in [1.29, 1.82) is 0 Å². The van der Waals surface area contributed by atoms with E-state index in [1.54, 1.807) is 0 Å². The summed E-state index contributed by atoms with van der Waals surface area (Å²) in [4.78, 5) is 11.8. The lowest BCUT2D eigenvalue weighted by Gasteiger charge is -2.27. The summed E-state index contributed by atoms with van der Waals surface area (Å²) >= 11 is 0. The first-order chi connectivity index (χ1) is 8.74.